The predicted molar refractivity (Wildman–Crippen MR) is 61.6 cm³/mol. The summed E-state index contributed by atoms with van der Waals surface area (Å²) >= 11 is 5.68. The van der Waals surface area contributed by atoms with E-state index in [0.29, 0.717) is 5.02 Å². The summed E-state index contributed by atoms with van der Waals surface area (Å²) in [5.41, 5.74) is 0.150. The Bertz CT molecular complexity index is 496. The van der Waals surface area contributed by atoms with Crippen LogP contribution in [0, 0.1) is 0 Å². The van der Waals surface area contributed by atoms with E-state index in [4.69, 9.17) is 21.8 Å². The summed E-state index contributed by atoms with van der Waals surface area (Å²) in [5.74, 6) is -3.42. The molecule has 8 heteroatoms. The standard InChI is InChI=1S/C10H11ClN2O5/c1-13-4-5(11)2-7(13)9(16)12-6(10(17)18)3-8(14)15/h2,4,6H,3H2,1H3,(H,12,16)(H,14,15)(H,17,18). The number of rotatable bonds is 5. The fourth-order valence-corrected chi connectivity index (χ4v) is 1.61. The number of aliphatic carboxylic acids is 2. The second-order valence-corrected chi connectivity index (χ2v) is 4.05. The summed E-state index contributed by atoms with van der Waals surface area (Å²) in [6.07, 6.45) is 0.780. The van der Waals surface area contributed by atoms with Gasteiger partial charge in [-0.25, -0.2) is 4.79 Å². The van der Waals surface area contributed by atoms with Gasteiger partial charge in [0.25, 0.3) is 5.91 Å². The first-order chi connectivity index (χ1) is 8.31. The van der Waals surface area contributed by atoms with Crippen LogP contribution in [0.15, 0.2) is 12.3 Å². The highest BCUT2D eigenvalue weighted by Gasteiger charge is 2.24. The maximum atomic E-state index is 11.7. The van der Waals surface area contributed by atoms with Gasteiger partial charge in [0.15, 0.2) is 0 Å². The summed E-state index contributed by atoms with van der Waals surface area (Å²) in [5, 5.41) is 19.8. The number of carbonyl (C=O) groups excluding carboxylic acids is 1. The molecule has 0 saturated carbocycles. The zero-order valence-electron chi connectivity index (χ0n) is 9.38. The van der Waals surface area contributed by atoms with Crippen LogP contribution in [-0.4, -0.2) is 38.7 Å². The van der Waals surface area contributed by atoms with E-state index in [1.54, 1.807) is 7.05 Å². The molecule has 3 N–H and O–H groups in total. The van der Waals surface area contributed by atoms with E-state index < -0.39 is 30.3 Å². The van der Waals surface area contributed by atoms with E-state index >= 15 is 0 Å². The van der Waals surface area contributed by atoms with Gasteiger partial charge in [0, 0.05) is 13.2 Å². The van der Waals surface area contributed by atoms with Crippen LogP contribution in [0.4, 0.5) is 0 Å². The van der Waals surface area contributed by atoms with Gasteiger partial charge < -0.3 is 20.1 Å². The van der Waals surface area contributed by atoms with Crippen molar-refractivity contribution in [1.29, 1.82) is 0 Å². The topological polar surface area (TPSA) is 109 Å². The minimum Gasteiger partial charge on any atom is -0.481 e. The van der Waals surface area contributed by atoms with Crippen LogP contribution in [0.2, 0.25) is 5.02 Å². The van der Waals surface area contributed by atoms with E-state index in [2.05, 4.69) is 5.32 Å². The smallest absolute Gasteiger partial charge is 0.326 e. The molecule has 1 rings (SSSR count). The number of carbonyl (C=O) groups is 3. The molecule has 1 aromatic heterocycles. The van der Waals surface area contributed by atoms with Crippen LogP contribution in [0.25, 0.3) is 0 Å². The van der Waals surface area contributed by atoms with Crippen molar-refractivity contribution in [1.82, 2.24) is 9.88 Å². The number of carboxylic acids is 2. The van der Waals surface area contributed by atoms with Crippen molar-refractivity contribution in [3.05, 3.63) is 23.0 Å². The van der Waals surface area contributed by atoms with Gasteiger partial charge in [0.2, 0.25) is 0 Å². The SMILES string of the molecule is Cn1cc(Cl)cc1C(=O)NC(CC(=O)O)C(=O)O. The van der Waals surface area contributed by atoms with Crippen LogP contribution in [-0.2, 0) is 16.6 Å². The summed E-state index contributed by atoms with van der Waals surface area (Å²) in [7, 11) is 1.56. The van der Waals surface area contributed by atoms with Crippen LogP contribution in [0.1, 0.15) is 16.9 Å². The maximum Gasteiger partial charge on any atom is 0.326 e. The average molecular weight is 275 g/mol. The molecule has 0 spiro atoms. The number of hydrogen-bond acceptors (Lipinski definition) is 3. The number of halogens is 1. The van der Waals surface area contributed by atoms with Crippen molar-refractivity contribution < 1.29 is 24.6 Å². The van der Waals surface area contributed by atoms with Gasteiger partial charge >= 0.3 is 11.9 Å². The van der Waals surface area contributed by atoms with Crippen molar-refractivity contribution in [2.24, 2.45) is 7.05 Å². The van der Waals surface area contributed by atoms with Crippen molar-refractivity contribution in [3.8, 4) is 0 Å². The Morgan fingerprint density at radius 1 is 1.44 bits per heavy atom. The third-order valence-electron chi connectivity index (χ3n) is 2.19. The minimum absolute atomic E-state index is 0.150. The van der Waals surface area contributed by atoms with Crippen LogP contribution >= 0.6 is 11.6 Å². The van der Waals surface area contributed by atoms with Crippen molar-refractivity contribution in [2.45, 2.75) is 12.5 Å². The number of amides is 1. The van der Waals surface area contributed by atoms with Crippen LogP contribution in [0.5, 0.6) is 0 Å². The number of carboxylic acid groups (broad SMARTS) is 2. The molecule has 0 aliphatic heterocycles. The van der Waals surface area contributed by atoms with E-state index in [1.807, 2.05) is 0 Å². The summed E-state index contributed by atoms with van der Waals surface area (Å²) in [6, 6.07) is -0.125. The van der Waals surface area contributed by atoms with Crippen molar-refractivity contribution in [3.63, 3.8) is 0 Å². The molecule has 0 bridgehead atoms. The summed E-state index contributed by atoms with van der Waals surface area (Å²) in [6.45, 7) is 0. The average Bonchev–Trinajstić information content (AvgIpc) is 2.56. The molecular weight excluding hydrogens is 264 g/mol. The Labute approximate surface area is 107 Å². The summed E-state index contributed by atoms with van der Waals surface area (Å²) in [4.78, 5) is 33.0. The van der Waals surface area contributed by atoms with Crippen LogP contribution < -0.4 is 5.32 Å². The highest BCUT2D eigenvalue weighted by molar-refractivity contribution is 6.31. The largest absolute Gasteiger partial charge is 0.481 e. The third kappa shape index (κ3) is 3.49. The number of nitrogens with zero attached hydrogens (tertiary/aromatic N) is 1. The van der Waals surface area contributed by atoms with Gasteiger partial charge in [-0.3, -0.25) is 9.59 Å². The monoisotopic (exact) mass is 274 g/mol. The highest BCUT2D eigenvalue weighted by atomic mass is 35.5. The quantitative estimate of drug-likeness (QED) is 0.717. The molecule has 1 unspecified atom stereocenters. The molecule has 1 amide bonds. The van der Waals surface area contributed by atoms with Gasteiger partial charge in [-0.2, -0.15) is 0 Å². The molecule has 18 heavy (non-hydrogen) atoms. The zero-order valence-corrected chi connectivity index (χ0v) is 10.1. The Morgan fingerprint density at radius 2 is 2.06 bits per heavy atom. The first-order valence-electron chi connectivity index (χ1n) is 4.88. The number of hydrogen-bond donors (Lipinski definition) is 3. The molecule has 0 aromatic carbocycles. The lowest BCUT2D eigenvalue weighted by Crippen LogP contribution is -2.42. The van der Waals surface area contributed by atoms with E-state index in [0.717, 1.165) is 0 Å². The first-order valence-corrected chi connectivity index (χ1v) is 5.26. The lowest BCUT2D eigenvalue weighted by Gasteiger charge is -2.12. The number of nitrogens with one attached hydrogen (secondary N) is 1. The Morgan fingerprint density at radius 3 is 2.44 bits per heavy atom. The van der Waals surface area contributed by atoms with Gasteiger partial charge in [0.05, 0.1) is 11.4 Å². The molecule has 0 fully saturated rings. The Balaban J connectivity index is 2.81. The van der Waals surface area contributed by atoms with Gasteiger partial charge in [-0.1, -0.05) is 11.6 Å². The van der Waals surface area contributed by atoms with Crippen LogP contribution in [0.3, 0.4) is 0 Å². The molecule has 1 heterocycles. The Kier molecular flexibility index (Phi) is 4.33. The lowest BCUT2D eigenvalue weighted by atomic mass is 10.2. The number of aromatic nitrogens is 1. The van der Waals surface area contributed by atoms with Crippen molar-refractivity contribution >= 4 is 29.4 Å². The normalized spacial score (nSPS) is 11.9. The van der Waals surface area contributed by atoms with E-state index in [1.165, 1.54) is 16.8 Å². The molecule has 7 nitrogen and oxygen atoms in total. The summed E-state index contributed by atoms with van der Waals surface area (Å²) < 4.78 is 1.41. The molecule has 0 aliphatic rings. The van der Waals surface area contributed by atoms with Gasteiger partial charge in [-0.05, 0) is 6.07 Å². The molecule has 1 aromatic rings. The second-order valence-electron chi connectivity index (χ2n) is 3.62. The van der Waals surface area contributed by atoms with E-state index in [9.17, 15) is 14.4 Å². The molecular formula is C10H11ClN2O5. The molecule has 0 radical (unpaired) electrons. The minimum atomic E-state index is -1.48. The van der Waals surface area contributed by atoms with Gasteiger partial charge in [0.1, 0.15) is 11.7 Å². The fraction of sp³-hybridized carbons (Fsp3) is 0.300. The first kappa shape index (κ1) is 14.0. The molecule has 98 valence electrons. The third-order valence-corrected chi connectivity index (χ3v) is 2.39. The van der Waals surface area contributed by atoms with Gasteiger partial charge in [-0.15, -0.1) is 0 Å². The second kappa shape index (κ2) is 5.54. The predicted octanol–water partition coefficient (Wildman–Crippen LogP) is 0.336. The molecule has 0 saturated heterocycles. The Hall–Kier alpha value is -2.02. The number of aryl methyl sites for hydroxylation is 1. The zero-order chi connectivity index (χ0) is 13.9. The maximum absolute atomic E-state index is 11.7. The van der Waals surface area contributed by atoms with E-state index in [-0.39, 0.29) is 5.69 Å². The molecule has 0 aliphatic carbocycles. The van der Waals surface area contributed by atoms with Crippen molar-refractivity contribution in [2.75, 3.05) is 0 Å². The fourth-order valence-electron chi connectivity index (χ4n) is 1.36. The highest BCUT2D eigenvalue weighted by Crippen LogP contribution is 2.12. The lowest BCUT2D eigenvalue weighted by molar-refractivity contribution is -0.145. The molecule has 1 atom stereocenters.